The summed E-state index contributed by atoms with van der Waals surface area (Å²) in [6.07, 6.45) is 2.19. The number of guanidine groups is 1. The summed E-state index contributed by atoms with van der Waals surface area (Å²) in [4.78, 5) is 4.65. The first-order valence-corrected chi connectivity index (χ1v) is 10.5. The van der Waals surface area contributed by atoms with Crippen molar-refractivity contribution in [2.75, 3.05) is 31.2 Å². The highest BCUT2D eigenvalue weighted by atomic mass is 127. The second-order valence-corrected chi connectivity index (χ2v) is 9.90. The van der Waals surface area contributed by atoms with Gasteiger partial charge in [0, 0.05) is 37.1 Å². The van der Waals surface area contributed by atoms with E-state index >= 15 is 0 Å². The third-order valence-electron chi connectivity index (χ3n) is 5.57. The molecule has 1 aliphatic carbocycles. The molecule has 0 aromatic heterocycles. The van der Waals surface area contributed by atoms with Crippen LogP contribution in [0.25, 0.3) is 0 Å². The number of rotatable bonds is 4. The van der Waals surface area contributed by atoms with Crippen molar-refractivity contribution in [1.29, 1.82) is 0 Å². The summed E-state index contributed by atoms with van der Waals surface area (Å²) < 4.78 is 29.0. The summed E-state index contributed by atoms with van der Waals surface area (Å²) in [6.45, 7) is 8.75. The van der Waals surface area contributed by atoms with Crippen molar-refractivity contribution >= 4 is 39.8 Å². The zero-order valence-corrected chi connectivity index (χ0v) is 17.9. The monoisotopic (exact) mass is 471 g/mol. The number of hydrogen-bond donors (Lipinski definition) is 2. The van der Waals surface area contributed by atoms with Crippen molar-refractivity contribution in [3.05, 3.63) is 0 Å². The van der Waals surface area contributed by atoms with Gasteiger partial charge in [0.2, 0.25) is 0 Å². The highest BCUT2D eigenvalue weighted by molar-refractivity contribution is 14.0. The molecule has 2 aliphatic heterocycles. The third-order valence-corrected chi connectivity index (χ3v) is 7.41. The lowest BCUT2D eigenvalue weighted by Crippen LogP contribution is -2.68. The van der Waals surface area contributed by atoms with Gasteiger partial charge in [-0.3, -0.25) is 4.99 Å². The Morgan fingerprint density at radius 1 is 1.33 bits per heavy atom. The van der Waals surface area contributed by atoms with Crippen LogP contribution in [0, 0.1) is 17.3 Å². The second kappa shape index (κ2) is 7.65. The summed E-state index contributed by atoms with van der Waals surface area (Å²) in [5.41, 5.74) is 0.105. The Morgan fingerprint density at radius 2 is 2.08 bits per heavy atom. The number of hydrogen-bond acceptors (Lipinski definition) is 4. The van der Waals surface area contributed by atoms with Gasteiger partial charge in [0.25, 0.3) is 0 Å². The Bertz CT molecular complexity index is 579. The highest BCUT2D eigenvalue weighted by Gasteiger charge is 2.59. The number of ether oxygens (including phenoxy) is 1. The number of nitrogens with zero attached hydrogens (tertiary/aromatic N) is 1. The molecule has 6 nitrogen and oxygen atoms in total. The molecule has 4 atom stereocenters. The van der Waals surface area contributed by atoms with Crippen LogP contribution in [-0.2, 0) is 14.6 Å². The standard InChI is InChI=1S/C16H29N3O3S.HI/c1-4-17-15(18-9-11-6-8-23(20,21)10-11)19-13-12-5-7-22-14(12)16(13,2)3;/h11-14H,4-10H2,1-3H3,(H2,17,18,19);1H. The molecule has 3 aliphatic rings. The van der Waals surface area contributed by atoms with Gasteiger partial charge in [0.1, 0.15) is 0 Å². The van der Waals surface area contributed by atoms with E-state index in [0.29, 0.717) is 30.4 Å². The van der Waals surface area contributed by atoms with E-state index in [1.54, 1.807) is 0 Å². The molecule has 140 valence electrons. The van der Waals surface area contributed by atoms with Gasteiger partial charge >= 0.3 is 0 Å². The molecule has 24 heavy (non-hydrogen) atoms. The summed E-state index contributed by atoms with van der Waals surface area (Å²) in [6, 6.07) is 0.361. The predicted molar refractivity (Wildman–Crippen MR) is 107 cm³/mol. The molecule has 1 saturated carbocycles. The first kappa shape index (κ1) is 20.2. The zero-order chi connectivity index (χ0) is 16.7. The minimum absolute atomic E-state index is 0. The van der Waals surface area contributed by atoms with Gasteiger partial charge in [-0.25, -0.2) is 8.42 Å². The van der Waals surface area contributed by atoms with E-state index in [0.717, 1.165) is 32.0 Å². The average molecular weight is 471 g/mol. The fourth-order valence-corrected chi connectivity index (χ4v) is 6.17. The molecule has 4 unspecified atom stereocenters. The van der Waals surface area contributed by atoms with Gasteiger partial charge in [-0.1, -0.05) is 13.8 Å². The topological polar surface area (TPSA) is 79.8 Å². The van der Waals surface area contributed by atoms with Crippen LogP contribution in [0.1, 0.15) is 33.6 Å². The van der Waals surface area contributed by atoms with Gasteiger partial charge < -0.3 is 15.4 Å². The molecule has 0 radical (unpaired) electrons. The number of sulfone groups is 1. The van der Waals surface area contributed by atoms with Crippen molar-refractivity contribution in [3.8, 4) is 0 Å². The molecule has 0 aromatic carbocycles. The Hall–Kier alpha value is -0.0900. The summed E-state index contributed by atoms with van der Waals surface area (Å²) in [5, 5.41) is 6.86. The Labute approximate surface area is 162 Å². The molecular formula is C16H30IN3O3S. The number of nitrogens with one attached hydrogen (secondary N) is 2. The molecule has 3 fully saturated rings. The van der Waals surface area contributed by atoms with E-state index in [-0.39, 0.29) is 41.1 Å². The lowest BCUT2D eigenvalue weighted by molar-refractivity contribution is -0.106. The van der Waals surface area contributed by atoms with E-state index in [1.807, 2.05) is 6.92 Å². The Kier molecular flexibility index (Phi) is 6.45. The lowest BCUT2D eigenvalue weighted by Gasteiger charge is -2.54. The predicted octanol–water partition coefficient (Wildman–Crippen LogP) is 1.41. The average Bonchev–Trinajstić information content (AvgIpc) is 3.06. The smallest absolute Gasteiger partial charge is 0.191 e. The third kappa shape index (κ3) is 4.00. The molecule has 0 bridgehead atoms. The number of halogens is 1. The van der Waals surface area contributed by atoms with E-state index < -0.39 is 9.84 Å². The Balaban J connectivity index is 0.00000208. The van der Waals surface area contributed by atoms with Gasteiger partial charge in [-0.15, -0.1) is 24.0 Å². The van der Waals surface area contributed by atoms with Gasteiger partial charge in [0.15, 0.2) is 15.8 Å². The van der Waals surface area contributed by atoms with Crippen molar-refractivity contribution in [2.45, 2.75) is 45.8 Å². The van der Waals surface area contributed by atoms with Gasteiger partial charge in [0.05, 0.1) is 17.6 Å². The number of fused-ring (bicyclic) bond motifs is 1. The van der Waals surface area contributed by atoms with Crippen LogP contribution in [0.4, 0.5) is 0 Å². The molecule has 2 N–H and O–H groups in total. The van der Waals surface area contributed by atoms with Crippen LogP contribution < -0.4 is 10.6 Å². The maximum atomic E-state index is 11.6. The zero-order valence-electron chi connectivity index (χ0n) is 14.7. The number of aliphatic imine (C=N–C) groups is 1. The second-order valence-electron chi connectivity index (χ2n) is 7.68. The molecule has 0 spiro atoms. The first-order valence-electron chi connectivity index (χ1n) is 8.70. The highest BCUT2D eigenvalue weighted by Crippen LogP contribution is 2.52. The van der Waals surface area contributed by atoms with Crippen LogP contribution in [0.3, 0.4) is 0 Å². The summed E-state index contributed by atoms with van der Waals surface area (Å²) in [5.74, 6) is 2.12. The minimum atomic E-state index is -2.83. The van der Waals surface area contributed by atoms with Crippen molar-refractivity contribution in [1.82, 2.24) is 10.6 Å². The first-order chi connectivity index (χ1) is 10.8. The molecular weight excluding hydrogens is 441 g/mol. The normalized spacial score (nSPS) is 36.4. The van der Waals surface area contributed by atoms with Gasteiger partial charge in [-0.2, -0.15) is 0 Å². The maximum absolute atomic E-state index is 11.6. The van der Waals surface area contributed by atoms with Crippen LogP contribution in [0.5, 0.6) is 0 Å². The molecule has 8 heteroatoms. The van der Waals surface area contributed by atoms with Crippen LogP contribution in [0.15, 0.2) is 4.99 Å². The van der Waals surface area contributed by atoms with E-state index in [9.17, 15) is 8.42 Å². The van der Waals surface area contributed by atoms with E-state index in [4.69, 9.17) is 4.74 Å². The SMILES string of the molecule is CCNC(=NCC1CCS(=O)(=O)C1)NC1C2CCOC2C1(C)C.I. The summed E-state index contributed by atoms with van der Waals surface area (Å²) >= 11 is 0. The van der Waals surface area contributed by atoms with E-state index in [1.165, 1.54) is 0 Å². The van der Waals surface area contributed by atoms with Crippen molar-refractivity contribution in [2.24, 2.45) is 22.2 Å². The Morgan fingerprint density at radius 3 is 2.71 bits per heavy atom. The summed E-state index contributed by atoms with van der Waals surface area (Å²) in [7, 11) is -2.83. The quantitative estimate of drug-likeness (QED) is 0.368. The molecule has 3 rings (SSSR count). The van der Waals surface area contributed by atoms with Crippen molar-refractivity contribution < 1.29 is 13.2 Å². The maximum Gasteiger partial charge on any atom is 0.191 e. The molecule has 2 saturated heterocycles. The molecule has 0 aromatic rings. The minimum Gasteiger partial charge on any atom is -0.377 e. The fraction of sp³-hybridized carbons (Fsp3) is 0.938. The van der Waals surface area contributed by atoms with Crippen LogP contribution in [-0.4, -0.2) is 57.7 Å². The van der Waals surface area contributed by atoms with Crippen molar-refractivity contribution in [3.63, 3.8) is 0 Å². The fourth-order valence-electron chi connectivity index (χ4n) is 4.32. The van der Waals surface area contributed by atoms with Crippen LogP contribution in [0.2, 0.25) is 0 Å². The molecule has 2 heterocycles. The molecule has 0 amide bonds. The lowest BCUT2D eigenvalue weighted by atomic mass is 9.57. The van der Waals surface area contributed by atoms with E-state index in [2.05, 4.69) is 29.5 Å². The largest absolute Gasteiger partial charge is 0.377 e. The van der Waals surface area contributed by atoms with Crippen LogP contribution >= 0.6 is 24.0 Å². The van der Waals surface area contributed by atoms with Gasteiger partial charge in [-0.05, 0) is 25.7 Å².